The third kappa shape index (κ3) is 4.20. The number of nitrogen functional groups attached to an aromatic ring is 1. The summed E-state index contributed by atoms with van der Waals surface area (Å²) in [5.74, 6) is -0.116. The Bertz CT molecular complexity index is 1140. The molecule has 0 aliphatic heterocycles. The summed E-state index contributed by atoms with van der Waals surface area (Å²) < 4.78 is 39.3. The van der Waals surface area contributed by atoms with Gasteiger partial charge in [-0.2, -0.15) is 4.31 Å². The van der Waals surface area contributed by atoms with Crippen molar-refractivity contribution in [2.24, 2.45) is 7.05 Å². The summed E-state index contributed by atoms with van der Waals surface area (Å²) in [6, 6.07) is 11.5. The molecule has 0 fully saturated rings. The van der Waals surface area contributed by atoms with Gasteiger partial charge in [0.15, 0.2) is 0 Å². The van der Waals surface area contributed by atoms with Crippen LogP contribution in [-0.4, -0.2) is 44.0 Å². The average Bonchev–Trinajstić information content (AvgIpc) is 3.01. The number of carbonyl (C=O) groups excluding carboxylic acids is 1. The van der Waals surface area contributed by atoms with Gasteiger partial charge in [-0.05, 0) is 48.0 Å². The molecule has 3 aromatic rings. The van der Waals surface area contributed by atoms with Crippen LogP contribution in [0.15, 0.2) is 53.6 Å². The molecule has 0 unspecified atom stereocenters. The summed E-state index contributed by atoms with van der Waals surface area (Å²) in [4.78, 5) is 12.0. The number of carbonyl (C=O) groups is 1. The van der Waals surface area contributed by atoms with Crippen molar-refractivity contribution in [3.8, 4) is 5.75 Å². The first-order valence-electron chi connectivity index (χ1n) is 8.80. The minimum Gasteiger partial charge on any atom is -0.497 e. The van der Waals surface area contributed by atoms with Crippen molar-refractivity contribution in [1.82, 2.24) is 8.87 Å². The molecule has 3 rings (SSSR count). The number of nitrogens with two attached hydrogens (primary N) is 1. The number of hydrogen-bond donors (Lipinski definition) is 1. The molecule has 29 heavy (non-hydrogen) atoms. The Morgan fingerprint density at radius 2 is 1.83 bits per heavy atom. The van der Waals surface area contributed by atoms with E-state index in [9.17, 15) is 13.2 Å². The second-order valence-corrected chi connectivity index (χ2v) is 8.50. The smallest absolute Gasteiger partial charge is 0.321 e. The highest BCUT2D eigenvalue weighted by Gasteiger charge is 2.28. The van der Waals surface area contributed by atoms with Crippen molar-refractivity contribution in [1.29, 1.82) is 0 Å². The minimum atomic E-state index is -3.96. The van der Waals surface area contributed by atoms with Crippen molar-refractivity contribution in [3.05, 3.63) is 54.2 Å². The van der Waals surface area contributed by atoms with E-state index in [1.165, 1.54) is 26.4 Å². The van der Waals surface area contributed by atoms with Crippen LogP contribution in [-0.2, 0) is 33.1 Å². The molecule has 9 heteroatoms. The number of hydrogen-bond acceptors (Lipinski definition) is 6. The molecule has 0 bridgehead atoms. The zero-order valence-electron chi connectivity index (χ0n) is 16.5. The van der Waals surface area contributed by atoms with Crippen molar-refractivity contribution < 1.29 is 22.7 Å². The van der Waals surface area contributed by atoms with Crippen molar-refractivity contribution in [2.75, 3.05) is 26.5 Å². The van der Waals surface area contributed by atoms with Gasteiger partial charge in [0.05, 0.1) is 19.1 Å². The number of ether oxygens (including phenoxy) is 2. The van der Waals surface area contributed by atoms with E-state index in [4.69, 9.17) is 15.2 Å². The van der Waals surface area contributed by atoms with E-state index in [-0.39, 0.29) is 11.4 Å². The van der Waals surface area contributed by atoms with Gasteiger partial charge in [-0.25, -0.2) is 8.42 Å². The van der Waals surface area contributed by atoms with E-state index in [2.05, 4.69) is 0 Å². The molecule has 1 heterocycles. The zero-order valence-corrected chi connectivity index (χ0v) is 17.3. The van der Waals surface area contributed by atoms with Crippen molar-refractivity contribution in [2.45, 2.75) is 11.4 Å². The summed E-state index contributed by atoms with van der Waals surface area (Å²) in [7, 11) is 0.624. The van der Waals surface area contributed by atoms with Crippen LogP contribution >= 0.6 is 0 Å². The maximum atomic E-state index is 13.2. The monoisotopic (exact) mass is 417 g/mol. The second kappa shape index (κ2) is 8.14. The molecule has 2 aromatic carbocycles. The highest BCUT2D eigenvalue weighted by Crippen LogP contribution is 2.27. The van der Waals surface area contributed by atoms with Crippen LogP contribution in [0, 0.1) is 0 Å². The Kier molecular flexibility index (Phi) is 5.81. The van der Waals surface area contributed by atoms with Crippen LogP contribution in [0.5, 0.6) is 5.75 Å². The Labute approximate surface area is 169 Å². The molecule has 0 spiro atoms. The Hall–Kier alpha value is -3.04. The lowest BCUT2D eigenvalue weighted by atomic mass is 10.1. The normalized spacial score (nSPS) is 11.7. The van der Waals surface area contributed by atoms with Crippen LogP contribution in [0.3, 0.4) is 0 Å². The molecule has 8 nitrogen and oxygen atoms in total. The van der Waals surface area contributed by atoms with Crippen LogP contribution in [0.25, 0.3) is 10.9 Å². The largest absolute Gasteiger partial charge is 0.497 e. The fourth-order valence-corrected chi connectivity index (χ4v) is 4.50. The van der Waals surface area contributed by atoms with Crippen LogP contribution in [0.2, 0.25) is 0 Å². The molecule has 1 aromatic heterocycles. The molecule has 0 saturated carbocycles. The number of anilines is 1. The molecule has 0 saturated heterocycles. The molecule has 0 amide bonds. The molecular weight excluding hydrogens is 394 g/mol. The second-order valence-electron chi connectivity index (χ2n) is 6.57. The highest BCUT2D eigenvalue weighted by molar-refractivity contribution is 7.89. The summed E-state index contributed by atoms with van der Waals surface area (Å²) in [5.41, 5.74) is 8.13. The van der Waals surface area contributed by atoms with Gasteiger partial charge in [-0.1, -0.05) is 0 Å². The standard InChI is InChI=1S/C20H23N3O5S/c1-22-11-14(18-10-15(21)4-9-19(18)22)12-23(13-20(24)28-3)29(25,26)17-7-5-16(27-2)6-8-17/h4-11H,12-13,21H2,1-3H3. The van der Waals surface area contributed by atoms with E-state index in [0.717, 1.165) is 20.8 Å². The first-order valence-corrected chi connectivity index (χ1v) is 10.2. The van der Waals surface area contributed by atoms with Gasteiger partial charge in [0.1, 0.15) is 12.3 Å². The maximum absolute atomic E-state index is 13.2. The van der Waals surface area contributed by atoms with E-state index < -0.39 is 22.5 Å². The number of sulfonamides is 1. The highest BCUT2D eigenvalue weighted by atomic mass is 32.2. The number of rotatable bonds is 7. The lowest BCUT2D eigenvalue weighted by molar-refractivity contribution is -0.140. The fourth-order valence-electron chi connectivity index (χ4n) is 3.14. The molecular formula is C20H23N3O5S. The Morgan fingerprint density at radius 1 is 1.14 bits per heavy atom. The molecule has 2 N–H and O–H groups in total. The number of aromatic nitrogens is 1. The SMILES string of the molecule is COC(=O)CN(Cc1cn(C)c2ccc(N)cc12)S(=O)(=O)c1ccc(OC)cc1. The van der Waals surface area contributed by atoms with Crippen LogP contribution in [0.1, 0.15) is 5.56 Å². The van der Waals surface area contributed by atoms with Gasteiger partial charge in [0.25, 0.3) is 0 Å². The number of aryl methyl sites for hydroxylation is 1. The van der Waals surface area contributed by atoms with Gasteiger partial charge in [-0.15, -0.1) is 0 Å². The molecule has 0 aliphatic carbocycles. The van der Waals surface area contributed by atoms with E-state index in [0.29, 0.717) is 11.4 Å². The number of nitrogens with zero attached hydrogens (tertiary/aromatic N) is 2. The van der Waals surface area contributed by atoms with Crippen LogP contribution < -0.4 is 10.5 Å². The Morgan fingerprint density at radius 3 is 2.45 bits per heavy atom. The fraction of sp³-hybridized carbons (Fsp3) is 0.250. The molecule has 154 valence electrons. The summed E-state index contributed by atoms with van der Waals surface area (Å²) in [6.07, 6.45) is 1.83. The number of benzene rings is 2. The van der Waals surface area contributed by atoms with Crippen molar-refractivity contribution in [3.63, 3.8) is 0 Å². The van der Waals surface area contributed by atoms with E-state index >= 15 is 0 Å². The minimum absolute atomic E-state index is 0.00967. The van der Waals surface area contributed by atoms with Gasteiger partial charge in [0, 0.05) is 36.4 Å². The van der Waals surface area contributed by atoms with Gasteiger partial charge in [-0.3, -0.25) is 4.79 Å². The lowest BCUT2D eigenvalue weighted by Crippen LogP contribution is -2.35. The maximum Gasteiger partial charge on any atom is 0.321 e. The van der Waals surface area contributed by atoms with E-state index in [1.807, 2.05) is 23.9 Å². The Balaban J connectivity index is 2.03. The predicted molar refractivity (Wildman–Crippen MR) is 110 cm³/mol. The summed E-state index contributed by atoms with van der Waals surface area (Å²) >= 11 is 0. The van der Waals surface area contributed by atoms with Crippen molar-refractivity contribution >= 4 is 32.6 Å². The van der Waals surface area contributed by atoms with Gasteiger partial charge < -0.3 is 19.8 Å². The predicted octanol–water partition coefficient (Wildman–Crippen LogP) is 2.13. The quantitative estimate of drug-likeness (QED) is 0.467. The van der Waals surface area contributed by atoms with Crippen LogP contribution in [0.4, 0.5) is 5.69 Å². The summed E-state index contributed by atoms with van der Waals surface area (Å²) in [5, 5.41) is 0.826. The lowest BCUT2D eigenvalue weighted by Gasteiger charge is -2.21. The first-order chi connectivity index (χ1) is 13.8. The number of esters is 1. The number of methoxy groups -OCH3 is 2. The summed E-state index contributed by atoms with van der Waals surface area (Å²) in [6.45, 7) is -0.423. The molecule has 0 radical (unpaired) electrons. The van der Waals surface area contributed by atoms with Gasteiger partial charge >= 0.3 is 5.97 Å². The van der Waals surface area contributed by atoms with Gasteiger partial charge in [0.2, 0.25) is 10.0 Å². The first kappa shape index (κ1) is 20.7. The third-order valence-corrected chi connectivity index (χ3v) is 6.48. The number of fused-ring (bicyclic) bond motifs is 1. The zero-order chi connectivity index (χ0) is 21.2. The third-order valence-electron chi connectivity index (χ3n) is 4.67. The van der Waals surface area contributed by atoms with E-state index in [1.54, 1.807) is 24.3 Å². The topological polar surface area (TPSA) is 104 Å². The molecule has 0 aliphatic rings. The molecule has 0 atom stereocenters. The average molecular weight is 417 g/mol.